The molecule has 0 aliphatic carbocycles. The van der Waals surface area contributed by atoms with Gasteiger partial charge in [-0.25, -0.2) is 0 Å². The smallest absolute Gasteiger partial charge is 0.0621 e. The molecule has 1 heterocycles. The highest BCUT2D eigenvalue weighted by Gasteiger charge is 1.93. The summed E-state index contributed by atoms with van der Waals surface area (Å²) in [7, 11) is 0. The Balaban J connectivity index is 0.000000187. The molecule has 0 amide bonds. The third-order valence-corrected chi connectivity index (χ3v) is 1.57. The second-order valence-electron chi connectivity index (χ2n) is 2.72. The van der Waals surface area contributed by atoms with E-state index >= 15 is 0 Å². The Bertz CT molecular complexity index is 89.1. The van der Waals surface area contributed by atoms with Crippen LogP contribution in [0.1, 0.15) is 39.0 Å². The van der Waals surface area contributed by atoms with Gasteiger partial charge in [-0.1, -0.05) is 13.3 Å². The molecular weight excluding hydrogens is 136 g/mol. The molecule has 1 saturated heterocycles. The zero-order valence-corrected chi connectivity index (χ0v) is 7.40. The first-order chi connectivity index (χ1) is 5.41. The van der Waals surface area contributed by atoms with Crippen LogP contribution in [-0.2, 0) is 0 Å². The number of nitrogens with zero attached hydrogens (tertiary/aromatic N) is 1. The van der Waals surface area contributed by atoms with Gasteiger partial charge in [0.15, 0.2) is 0 Å². The van der Waals surface area contributed by atoms with Crippen LogP contribution >= 0.6 is 0 Å². The maximum atomic E-state index is 7.82. The van der Waals surface area contributed by atoms with Gasteiger partial charge >= 0.3 is 0 Å². The van der Waals surface area contributed by atoms with Gasteiger partial charge in [-0.05, 0) is 32.4 Å². The third-order valence-electron chi connectivity index (χ3n) is 1.57. The van der Waals surface area contributed by atoms with E-state index < -0.39 is 0 Å². The normalized spacial score (nSPS) is 16.0. The molecule has 2 heteroatoms. The van der Waals surface area contributed by atoms with Gasteiger partial charge in [0.05, 0.1) is 6.07 Å². The second-order valence-corrected chi connectivity index (χ2v) is 2.72. The quantitative estimate of drug-likeness (QED) is 0.627. The van der Waals surface area contributed by atoms with Crippen LogP contribution in [0, 0.1) is 11.3 Å². The highest BCUT2D eigenvalue weighted by Crippen LogP contribution is 1.96. The van der Waals surface area contributed by atoms with Crippen LogP contribution in [-0.4, -0.2) is 13.1 Å². The number of unbranched alkanes of at least 4 members (excludes halogenated alkanes) is 1. The molecule has 0 aromatic rings. The molecule has 0 spiro atoms. The van der Waals surface area contributed by atoms with Crippen molar-refractivity contribution < 1.29 is 0 Å². The Morgan fingerprint density at radius 3 is 2.00 bits per heavy atom. The lowest BCUT2D eigenvalue weighted by Crippen LogP contribution is -2.21. The first-order valence-corrected chi connectivity index (χ1v) is 4.49. The predicted octanol–water partition coefficient (Wildman–Crippen LogP) is 2.07. The van der Waals surface area contributed by atoms with Gasteiger partial charge in [-0.15, -0.1) is 0 Å². The van der Waals surface area contributed by atoms with E-state index in [1.165, 1.54) is 32.4 Å². The van der Waals surface area contributed by atoms with Crippen molar-refractivity contribution in [2.45, 2.75) is 39.0 Å². The average Bonchev–Trinajstić information content (AvgIpc) is 2.10. The summed E-state index contributed by atoms with van der Waals surface area (Å²) in [6, 6.07) is 2.02. The largest absolute Gasteiger partial charge is 0.317 e. The molecule has 0 bridgehead atoms. The Labute approximate surface area is 69.6 Å². The lowest BCUT2D eigenvalue weighted by atomic mass is 10.2. The van der Waals surface area contributed by atoms with Crippen molar-refractivity contribution in [1.82, 2.24) is 5.32 Å². The van der Waals surface area contributed by atoms with Gasteiger partial charge in [0.1, 0.15) is 0 Å². The minimum Gasteiger partial charge on any atom is -0.317 e. The van der Waals surface area contributed by atoms with E-state index in [2.05, 4.69) is 5.32 Å². The SMILES string of the molecule is C1CCNCC1.CCCC#N. The van der Waals surface area contributed by atoms with Crippen molar-refractivity contribution in [3.8, 4) is 6.07 Å². The van der Waals surface area contributed by atoms with E-state index in [-0.39, 0.29) is 0 Å². The summed E-state index contributed by atoms with van der Waals surface area (Å²) < 4.78 is 0. The number of hydrogen-bond donors (Lipinski definition) is 1. The molecule has 0 atom stereocenters. The molecule has 0 aromatic carbocycles. The number of piperidine rings is 1. The van der Waals surface area contributed by atoms with Crippen molar-refractivity contribution >= 4 is 0 Å². The maximum absolute atomic E-state index is 7.82. The van der Waals surface area contributed by atoms with Crippen LogP contribution in [0.2, 0.25) is 0 Å². The van der Waals surface area contributed by atoms with Crippen molar-refractivity contribution in [3.63, 3.8) is 0 Å². The van der Waals surface area contributed by atoms with Crippen LogP contribution in [0.4, 0.5) is 0 Å². The standard InChI is InChI=1S/C5H11N.C4H7N/c1-2-4-6-5-3-1;1-2-3-4-5/h6H,1-5H2;2-3H2,1H3. The van der Waals surface area contributed by atoms with Gasteiger partial charge < -0.3 is 5.32 Å². The Hall–Kier alpha value is -0.550. The molecule has 0 saturated carbocycles. The molecule has 2 nitrogen and oxygen atoms in total. The summed E-state index contributed by atoms with van der Waals surface area (Å²) >= 11 is 0. The van der Waals surface area contributed by atoms with Crippen LogP contribution in [0.5, 0.6) is 0 Å². The fourth-order valence-electron chi connectivity index (χ4n) is 0.914. The van der Waals surface area contributed by atoms with Crippen molar-refractivity contribution in [2.24, 2.45) is 0 Å². The Kier molecular flexibility index (Phi) is 8.98. The number of rotatable bonds is 1. The lowest BCUT2D eigenvalue weighted by molar-refractivity contribution is 0.520. The monoisotopic (exact) mass is 154 g/mol. The average molecular weight is 154 g/mol. The summed E-state index contributed by atoms with van der Waals surface area (Å²) in [5.74, 6) is 0. The topological polar surface area (TPSA) is 35.8 Å². The van der Waals surface area contributed by atoms with Gasteiger partial charge in [-0.2, -0.15) is 5.26 Å². The number of hydrogen-bond acceptors (Lipinski definition) is 2. The van der Waals surface area contributed by atoms with Gasteiger partial charge in [0.25, 0.3) is 0 Å². The minimum absolute atomic E-state index is 0.694. The van der Waals surface area contributed by atoms with E-state index in [9.17, 15) is 0 Å². The summed E-state index contributed by atoms with van der Waals surface area (Å²) in [5, 5.41) is 11.1. The van der Waals surface area contributed by atoms with Gasteiger partial charge in [-0.3, -0.25) is 0 Å². The van der Waals surface area contributed by atoms with Crippen LogP contribution < -0.4 is 5.32 Å². The van der Waals surface area contributed by atoms with E-state index in [0.29, 0.717) is 6.42 Å². The van der Waals surface area contributed by atoms with Gasteiger partial charge in [0.2, 0.25) is 0 Å². The summed E-state index contributed by atoms with van der Waals surface area (Å²) in [6.45, 7) is 4.49. The zero-order valence-electron chi connectivity index (χ0n) is 7.40. The van der Waals surface area contributed by atoms with Crippen LogP contribution in [0.3, 0.4) is 0 Å². The number of nitriles is 1. The fraction of sp³-hybridized carbons (Fsp3) is 0.889. The zero-order chi connectivity index (χ0) is 8.36. The minimum atomic E-state index is 0.694. The molecule has 1 N–H and O–H groups in total. The van der Waals surface area contributed by atoms with Crippen LogP contribution in [0.15, 0.2) is 0 Å². The summed E-state index contributed by atoms with van der Waals surface area (Å²) in [6.07, 6.45) is 5.89. The molecule has 1 aliphatic heterocycles. The fourth-order valence-corrected chi connectivity index (χ4v) is 0.914. The number of nitrogens with one attached hydrogen (secondary N) is 1. The van der Waals surface area contributed by atoms with Crippen molar-refractivity contribution in [1.29, 1.82) is 5.26 Å². The molecule has 1 fully saturated rings. The second kappa shape index (κ2) is 9.45. The molecule has 1 aliphatic rings. The van der Waals surface area contributed by atoms with E-state index in [4.69, 9.17) is 5.26 Å². The first kappa shape index (κ1) is 10.4. The highest BCUT2D eigenvalue weighted by atomic mass is 14.9. The predicted molar refractivity (Wildman–Crippen MR) is 47.2 cm³/mol. The summed E-state index contributed by atoms with van der Waals surface area (Å²) in [5.41, 5.74) is 0. The van der Waals surface area contributed by atoms with E-state index in [0.717, 1.165) is 6.42 Å². The molecule has 0 radical (unpaired) electrons. The molecular formula is C9H18N2. The molecule has 0 unspecified atom stereocenters. The first-order valence-electron chi connectivity index (χ1n) is 4.49. The molecule has 0 aromatic heterocycles. The summed E-state index contributed by atoms with van der Waals surface area (Å²) in [4.78, 5) is 0. The van der Waals surface area contributed by atoms with E-state index in [1.807, 2.05) is 13.0 Å². The van der Waals surface area contributed by atoms with Crippen LogP contribution in [0.25, 0.3) is 0 Å². The van der Waals surface area contributed by atoms with Crippen molar-refractivity contribution in [2.75, 3.05) is 13.1 Å². The lowest BCUT2D eigenvalue weighted by Gasteiger charge is -2.08. The molecule has 64 valence electrons. The van der Waals surface area contributed by atoms with Crippen molar-refractivity contribution in [3.05, 3.63) is 0 Å². The highest BCUT2D eigenvalue weighted by molar-refractivity contribution is 4.65. The van der Waals surface area contributed by atoms with E-state index in [1.54, 1.807) is 0 Å². The maximum Gasteiger partial charge on any atom is 0.0621 e. The molecule has 11 heavy (non-hydrogen) atoms. The van der Waals surface area contributed by atoms with Gasteiger partial charge in [0, 0.05) is 6.42 Å². The molecule has 1 rings (SSSR count). The third kappa shape index (κ3) is 9.45. The Morgan fingerprint density at radius 1 is 1.27 bits per heavy atom. The Morgan fingerprint density at radius 2 is 1.91 bits per heavy atom.